The Kier molecular flexibility index (Phi) is 5.53. The maximum atomic E-state index is 5.93. The van der Waals surface area contributed by atoms with Crippen molar-refractivity contribution in [3.05, 3.63) is 45.4 Å². The van der Waals surface area contributed by atoms with Gasteiger partial charge in [0, 0.05) is 9.50 Å². The molecule has 1 N–H and O–H groups in total. The quantitative estimate of drug-likeness (QED) is 0.776. The minimum absolute atomic E-state index is 0.187. The van der Waals surface area contributed by atoms with E-state index in [4.69, 9.17) is 11.6 Å². The van der Waals surface area contributed by atoms with Crippen molar-refractivity contribution in [3.63, 3.8) is 0 Å². The summed E-state index contributed by atoms with van der Waals surface area (Å²) in [5, 5.41) is 4.22. The Morgan fingerprint density at radius 2 is 2.25 bits per heavy atom. The van der Waals surface area contributed by atoms with Crippen molar-refractivity contribution in [2.24, 2.45) is 0 Å². The molecule has 0 aliphatic carbocycles. The lowest BCUT2D eigenvalue weighted by molar-refractivity contribution is 0.589. The molecule has 0 saturated heterocycles. The summed E-state index contributed by atoms with van der Waals surface area (Å²) in [4.78, 5) is 0. The summed E-state index contributed by atoms with van der Waals surface area (Å²) < 4.78 is 1.02. The fraction of sp³-hybridized carbons (Fsp3) is 0.385. The summed E-state index contributed by atoms with van der Waals surface area (Å²) in [6, 6.07) is 6.05. The molecule has 1 unspecified atom stereocenters. The molecule has 0 aromatic heterocycles. The summed E-state index contributed by atoms with van der Waals surface area (Å²) in [6.45, 7) is 9.20. The van der Waals surface area contributed by atoms with Crippen molar-refractivity contribution in [2.45, 2.75) is 26.3 Å². The summed E-state index contributed by atoms with van der Waals surface area (Å²) in [5.74, 6) is 0. The third kappa shape index (κ3) is 3.62. The Balaban J connectivity index is 2.96. The summed E-state index contributed by atoms with van der Waals surface area (Å²) in [7, 11) is 0. The topological polar surface area (TPSA) is 12.0 Å². The predicted octanol–water partition coefficient (Wildman–Crippen LogP) is 4.72. The van der Waals surface area contributed by atoms with Crippen LogP contribution in [0.4, 0.5) is 0 Å². The summed E-state index contributed by atoms with van der Waals surface area (Å²) in [6.07, 6.45) is 1.11. The maximum Gasteiger partial charge on any atom is 0.0541 e. The molecule has 0 aliphatic rings. The van der Waals surface area contributed by atoms with Crippen LogP contribution < -0.4 is 5.32 Å². The SMILES string of the molecule is C=C(C)C(NCCC)c1ccc(Cl)cc1Br. The number of benzene rings is 1. The smallest absolute Gasteiger partial charge is 0.0541 e. The van der Waals surface area contributed by atoms with Crippen LogP contribution in [0.5, 0.6) is 0 Å². The Morgan fingerprint density at radius 1 is 1.56 bits per heavy atom. The second kappa shape index (κ2) is 6.43. The van der Waals surface area contributed by atoms with Gasteiger partial charge in [-0.05, 0) is 37.6 Å². The minimum Gasteiger partial charge on any atom is -0.307 e. The molecule has 0 heterocycles. The van der Waals surface area contributed by atoms with Crippen molar-refractivity contribution >= 4 is 27.5 Å². The van der Waals surface area contributed by atoms with Gasteiger partial charge in [0.05, 0.1) is 6.04 Å². The zero-order chi connectivity index (χ0) is 12.1. The van der Waals surface area contributed by atoms with Crippen LogP contribution in [0.3, 0.4) is 0 Å². The maximum absolute atomic E-state index is 5.93. The Morgan fingerprint density at radius 3 is 2.75 bits per heavy atom. The van der Waals surface area contributed by atoms with E-state index >= 15 is 0 Å². The number of nitrogens with one attached hydrogen (secondary N) is 1. The number of halogens is 2. The molecule has 0 aliphatic heterocycles. The van der Waals surface area contributed by atoms with Gasteiger partial charge in [0.25, 0.3) is 0 Å². The average Bonchev–Trinajstić information content (AvgIpc) is 2.20. The van der Waals surface area contributed by atoms with E-state index in [1.54, 1.807) is 0 Å². The van der Waals surface area contributed by atoms with Crippen LogP contribution in [-0.2, 0) is 0 Å². The van der Waals surface area contributed by atoms with E-state index in [1.807, 2.05) is 25.1 Å². The van der Waals surface area contributed by atoms with E-state index in [0.717, 1.165) is 28.0 Å². The zero-order valence-electron chi connectivity index (χ0n) is 9.69. The fourth-order valence-corrected chi connectivity index (χ4v) is 2.49. The third-order valence-electron chi connectivity index (χ3n) is 2.36. The molecule has 1 rings (SSSR count). The van der Waals surface area contributed by atoms with Crippen LogP contribution in [0.1, 0.15) is 31.9 Å². The minimum atomic E-state index is 0.187. The molecule has 0 bridgehead atoms. The van der Waals surface area contributed by atoms with Crippen LogP contribution in [0.2, 0.25) is 5.02 Å². The molecule has 1 aromatic carbocycles. The molecule has 1 aromatic rings. The fourth-order valence-electron chi connectivity index (χ4n) is 1.57. The number of hydrogen-bond acceptors (Lipinski definition) is 1. The molecule has 1 atom stereocenters. The Bertz CT molecular complexity index is 376. The molecule has 0 radical (unpaired) electrons. The molecule has 16 heavy (non-hydrogen) atoms. The number of rotatable bonds is 5. The number of hydrogen-bond donors (Lipinski definition) is 1. The monoisotopic (exact) mass is 301 g/mol. The molecule has 0 fully saturated rings. The molecule has 3 heteroatoms. The second-order valence-electron chi connectivity index (χ2n) is 3.90. The van der Waals surface area contributed by atoms with Gasteiger partial charge in [-0.25, -0.2) is 0 Å². The van der Waals surface area contributed by atoms with E-state index in [-0.39, 0.29) is 6.04 Å². The molecule has 1 nitrogen and oxygen atoms in total. The lowest BCUT2D eigenvalue weighted by atomic mass is 10.0. The molecule has 0 spiro atoms. The van der Waals surface area contributed by atoms with Crippen LogP contribution in [0, 0.1) is 0 Å². The summed E-state index contributed by atoms with van der Waals surface area (Å²) >= 11 is 9.48. The molecular weight excluding hydrogens is 286 g/mol. The average molecular weight is 303 g/mol. The van der Waals surface area contributed by atoms with Crippen molar-refractivity contribution in [3.8, 4) is 0 Å². The van der Waals surface area contributed by atoms with Gasteiger partial charge in [0.2, 0.25) is 0 Å². The van der Waals surface area contributed by atoms with E-state index in [9.17, 15) is 0 Å². The first-order chi connectivity index (χ1) is 7.56. The molecule has 88 valence electrons. The molecule has 0 saturated carbocycles. The van der Waals surface area contributed by atoms with Crippen LogP contribution in [-0.4, -0.2) is 6.54 Å². The first-order valence-corrected chi connectivity index (χ1v) is 6.57. The standard InChI is InChI=1S/C13H17BrClN/c1-4-7-16-13(9(2)3)11-6-5-10(15)8-12(11)14/h5-6,8,13,16H,2,4,7H2,1,3H3. The van der Waals surface area contributed by atoms with Crippen molar-refractivity contribution in [1.82, 2.24) is 5.32 Å². The normalized spacial score (nSPS) is 12.5. The highest BCUT2D eigenvalue weighted by molar-refractivity contribution is 9.10. The van der Waals surface area contributed by atoms with E-state index in [0.29, 0.717) is 0 Å². The Hall–Kier alpha value is -0.310. The van der Waals surface area contributed by atoms with Gasteiger partial charge < -0.3 is 5.32 Å². The lowest BCUT2D eigenvalue weighted by Gasteiger charge is -2.20. The van der Waals surface area contributed by atoms with Crippen molar-refractivity contribution < 1.29 is 0 Å². The van der Waals surface area contributed by atoms with Crippen molar-refractivity contribution in [2.75, 3.05) is 6.54 Å². The van der Waals surface area contributed by atoms with E-state index < -0.39 is 0 Å². The van der Waals surface area contributed by atoms with Gasteiger partial charge >= 0.3 is 0 Å². The van der Waals surface area contributed by atoms with Gasteiger partial charge in [-0.3, -0.25) is 0 Å². The highest BCUT2D eigenvalue weighted by Gasteiger charge is 2.14. The first kappa shape index (κ1) is 13.8. The highest BCUT2D eigenvalue weighted by atomic mass is 79.9. The van der Waals surface area contributed by atoms with Crippen LogP contribution >= 0.6 is 27.5 Å². The third-order valence-corrected chi connectivity index (χ3v) is 3.29. The van der Waals surface area contributed by atoms with E-state index in [2.05, 4.69) is 34.7 Å². The van der Waals surface area contributed by atoms with Crippen molar-refractivity contribution in [1.29, 1.82) is 0 Å². The summed E-state index contributed by atoms with van der Waals surface area (Å²) in [5.41, 5.74) is 2.29. The van der Waals surface area contributed by atoms with Gasteiger partial charge in [-0.15, -0.1) is 0 Å². The van der Waals surface area contributed by atoms with Gasteiger partial charge in [0.1, 0.15) is 0 Å². The Labute approximate surface area is 111 Å². The van der Waals surface area contributed by atoms with E-state index in [1.165, 1.54) is 5.56 Å². The lowest BCUT2D eigenvalue weighted by Crippen LogP contribution is -2.23. The van der Waals surface area contributed by atoms with Gasteiger partial charge in [0.15, 0.2) is 0 Å². The molecule has 0 amide bonds. The second-order valence-corrected chi connectivity index (χ2v) is 5.19. The van der Waals surface area contributed by atoms with Gasteiger partial charge in [-0.1, -0.05) is 52.7 Å². The molecular formula is C13H17BrClN. The first-order valence-electron chi connectivity index (χ1n) is 5.40. The van der Waals surface area contributed by atoms with Crippen LogP contribution in [0.25, 0.3) is 0 Å². The largest absolute Gasteiger partial charge is 0.307 e. The van der Waals surface area contributed by atoms with Gasteiger partial charge in [-0.2, -0.15) is 0 Å². The van der Waals surface area contributed by atoms with Crippen LogP contribution in [0.15, 0.2) is 34.8 Å². The zero-order valence-corrected chi connectivity index (χ0v) is 12.0. The highest BCUT2D eigenvalue weighted by Crippen LogP contribution is 2.29. The predicted molar refractivity (Wildman–Crippen MR) is 75.0 cm³/mol.